The molecule has 5 heteroatoms. The molecule has 2 unspecified atom stereocenters. The average Bonchev–Trinajstić information content (AvgIpc) is 2.98. The van der Waals surface area contributed by atoms with Crippen LogP contribution in [-0.2, 0) is 9.53 Å². The van der Waals surface area contributed by atoms with Crippen molar-refractivity contribution >= 4 is 11.8 Å². The third kappa shape index (κ3) is 4.06. The maximum atomic E-state index is 11.9. The van der Waals surface area contributed by atoms with Crippen LogP contribution < -0.4 is 10.6 Å². The van der Waals surface area contributed by atoms with Gasteiger partial charge in [0.15, 0.2) is 0 Å². The van der Waals surface area contributed by atoms with Gasteiger partial charge in [-0.2, -0.15) is 0 Å². The minimum absolute atomic E-state index is 0.107. The molecule has 2 atom stereocenters. The molecule has 20 heavy (non-hydrogen) atoms. The Kier molecular flexibility index (Phi) is 5.12. The van der Waals surface area contributed by atoms with Gasteiger partial charge in [0.1, 0.15) is 6.04 Å². The molecular weight excluding hydrogens is 256 g/mol. The van der Waals surface area contributed by atoms with Crippen LogP contribution in [0.2, 0.25) is 0 Å². The van der Waals surface area contributed by atoms with Gasteiger partial charge in [0.2, 0.25) is 5.91 Å². The summed E-state index contributed by atoms with van der Waals surface area (Å²) in [4.78, 5) is 23.8. The smallest absolute Gasteiger partial charge is 0.251 e. The van der Waals surface area contributed by atoms with Crippen LogP contribution in [0.1, 0.15) is 30.1 Å². The molecule has 1 aromatic carbocycles. The molecule has 5 nitrogen and oxygen atoms in total. The highest BCUT2D eigenvalue weighted by atomic mass is 16.5. The van der Waals surface area contributed by atoms with Gasteiger partial charge in [0, 0.05) is 18.7 Å². The van der Waals surface area contributed by atoms with E-state index in [1.807, 2.05) is 6.07 Å². The minimum Gasteiger partial charge on any atom is -0.376 e. The molecule has 1 heterocycles. The molecule has 0 aromatic heterocycles. The Hall–Kier alpha value is -1.88. The third-order valence-electron chi connectivity index (χ3n) is 3.30. The summed E-state index contributed by atoms with van der Waals surface area (Å²) in [6.07, 6.45) is 2.13. The molecule has 1 fully saturated rings. The molecule has 0 bridgehead atoms. The second-order valence-electron chi connectivity index (χ2n) is 4.94. The number of hydrogen-bond acceptors (Lipinski definition) is 3. The van der Waals surface area contributed by atoms with Gasteiger partial charge in [-0.25, -0.2) is 0 Å². The van der Waals surface area contributed by atoms with Gasteiger partial charge < -0.3 is 15.4 Å². The van der Waals surface area contributed by atoms with Crippen molar-refractivity contribution in [1.82, 2.24) is 10.6 Å². The summed E-state index contributed by atoms with van der Waals surface area (Å²) in [5.41, 5.74) is 0.547. The summed E-state index contributed by atoms with van der Waals surface area (Å²) in [6, 6.07) is 8.28. The summed E-state index contributed by atoms with van der Waals surface area (Å²) in [6.45, 7) is 2.94. The van der Waals surface area contributed by atoms with E-state index < -0.39 is 6.04 Å². The van der Waals surface area contributed by atoms with Crippen LogP contribution in [0, 0.1) is 0 Å². The van der Waals surface area contributed by atoms with Crippen molar-refractivity contribution in [2.24, 2.45) is 0 Å². The van der Waals surface area contributed by atoms with Crippen LogP contribution in [0.25, 0.3) is 0 Å². The number of ether oxygens (including phenoxy) is 1. The molecule has 0 aliphatic carbocycles. The number of carbonyl (C=O) groups is 2. The molecule has 1 aromatic rings. The zero-order chi connectivity index (χ0) is 14.4. The van der Waals surface area contributed by atoms with E-state index in [-0.39, 0.29) is 17.9 Å². The third-order valence-corrected chi connectivity index (χ3v) is 3.30. The lowest BCUT2D eigenvalue weighted by molar-refractivity contribution is -0.123. The van der Waals surface area contributed by atoms with Gasteiger partial charge in [0.05, 0.1) is 6.10 Å². The van der Waals surface area contributed by atoms with Crippen molar-refractivity contribution in [2.75, 3.05) is 13.2 Å². The molecule has 0 saturated carbocycles. The predicted octanol–water partition coefficient (Wildman–Crippen LogP) is 1.10. The van der Waals surface area contributed by atoms with E-state index in [0.29, 0.717) is 12.1 Å². The van der Waals surface area contributed by atoms with Gasteiger partial charge in [-0.1, -0.05) is 18.2 Å². The fourth-order valence-corrected chi connectivity index (χ4v) is 2.11. The highest BCUT2D eigenvalue weighted by molar-refractivity contribution is 5.97. The van der Waals surface area contributed by atoms with E-state index in [0.717, 1.165) is 19.4 Å². The van der Waals surface area contributed by atoms with E-state index >= 15 is 0 Å². The fraction of sp³-hybridized carbons (Fsp3) is 0.467. The Bertz CT molecular complexity index is 455. The van der Waals surface area contributed by atoms with Crippen LogP contribution in [0.3, 0.4) is 0 Å². The average molecular weight is 276 g/mol. The molecule has 1 aliphatic rings. The van der Waals surface area contributed by atoms with E-state index in [1.165, 1.54) is 0 Å². The van der Waals surface area contributed by atoms with Crippen molar-refractivity contribution < 1.29 is 14.3 Å². The Morgan fingerprint density at radius 1 is 1.35 bits per heavy atom. The first kappa shape index (κ1) is 14.5. The lowest BCUT2D eigenvalue weighted by Gasteiger charge is -2.16. The van der Waals surface area contributed by atoms with E-state index in [2.05, 4.69) is 10.6 Å². The Morgan fingerprint density at radius 2 is 2.10 bits per heavy atom. The summed E-state index contributed by atoms with van der Waals surface area (Å²) in [5, 5.41) is 5.48. The summed E-state index contributed by atoms with van der Waals surface area (Å²) < 4.78 is 5.43. The molecule has 2 rings (SSSR count). The van der Waals surface area contributed by atoms with E-state index in [1.54, 1.807) is 31.2 Å². The Labute approximate surface area is 118 Å². The minimum atomic E-state index is -0.566. The quantitative estimate of drug-likeness (QED) is 0.846. The van der Waals surface area contributed by atoms with Gasteiger partial charge in [-0.05, 0) is 31.9 Å². The van der Waals surface area contributed by atoms with Gasteiger partial charge >= 0.3 is 0 Å². The lowest BCUT2D eigenvalue weighted by atomic mass is 10.2. The number of hydrogen-bond donors (Lipinski definition) is 2. The largest absolute Gasteiger partial charge is 0.376 e. The number of rotatable bonds is 5. The Balaban J connectivity index is 1.77. The molecular formula is C15H20N2O3. The first-order chi connectivity index (χ1) is 9.66. The highest BCUT2D eigenvalue weighted by Crippen LogP contribution is 2.10. The molecule has 1 saturated heterocycles. The summed E-state index contributed by atoms with van der Waals surface area (Å²) >= 11 is 0. The van der Waals surface area contributed by atoms with Crippen molar-refractivity contribution in [2.45, 2.75) is 31.9 Å². The van der Waals surface area contributed by atoms with Gasteiger partial charge in [-0.3, -0.25) is 9.59 Å². The number of benzene rings is 1. The first-order valence-corrected chi connectivity index (χ1v) is 6.92. The second kappa shape index (κ2) is 7.05. The zero-order valence-corrected chi connectivity index (χ0v) is 11.6. The van der Waals surface area contributed by atoms with Crippen molar-refractivity contribution in [3.8, 4) is 0 Å². The monoisotopic (exact) mass is 276 g/mol. The fourth-order valence-electron chi connectivity index (χ4n) is 2.11. The lowest BCUT2D eigenvalue weighted by Crippen LogP contribution is -2.46. The van der Waals surface area contributed by atoms with Crippen LogP contribution in [0.4, 0.5) is 0 Å². The first-order valence-electron chi connectivity index (χ1n) is 6.92. The summed E-state index contributed by atoms with van der Waals surface area (Å²) in [5.74, 6) is -0.435. The molecule has 108 valence electrons. The maximum Gasteiger partial charge on any atom is 0.251 e. The molecule has 0 spiro atoms. The highest BCUT2D eigenvalue weighted by Gasteiger charge is 2.20. The molecule has 1 aliphatic heterocycles. The van der Waals surface area contributed by atoms with Crippen molar-refractivity contribution in [3.05, 3.63) is 35.9 Å². The number of amides is 2. The molecule has 2 N–H and O–H groups in total. The molecule has 0 radical (unpaired) electrons. The zero-order valence-electron chi connectivity index (χ0n) is 11.6. The van der Waals surface area contributed by atoms with Crippen LogP contribution in [0.15, 0.2) is 30.3 Å². The van der Waals surface area contributed by atoms with Crippen LogP contribution >= 0.6 is 0 Å². The summed E-state index contributed by atoms with van der Waals surface area (Å²) in [7, 11) is 0. The topological polar surface area (TPSA) is 67.4 Å². The predicted molar refractivity (Wildman–Crippen MR) is 75.4 cm³/mol. The van der Waals surface area contributed by atoms with E-state index in [9.17, 15) is 9.59 Å². The number of nitrogens with one attached hydrogen (secondary N) is 2. The van der Waals surface area contributed by atoms with Crippen LogP contribution in [0.5, 0.6) is 0 Å². The van der Waals surface area contributed by atoms with Crippen molar-refractivity contribution in [3.63, 3.8) is 0 Å². The van der Waals surface area contributed by atoms with Gasteiger partial charge in [0.25, 0.3) is 5.91 Å². The van der Waals surface area contributed by atoms with E-state index in [4.69, 9.17) is 4.74 Å². The van der Waals surface area contributed by atoms with Crippen LogP contribution in [-0.4, -0.2) is 37.1 Å². The second-order valence-corrected chi connectivity index (χ2v) is 4.94. The van der Waals surface area contributed by atoms with Crippen molar-refractivity contribution in [1.29, 1.82) is 0 Å². The van der Waals surface area contributed by atoms with Gasteiger partial charge in [-0.15, -0.1) is 0 Å². The molecule has 2 amide bonds. The maximum absolute atomic E-state index is 11.9. The normalized spacial score (nSPS) is 19.4. The number of carbonyl (C=O) groups excluding carboxylic acids is 2. The Morgan fingerprint density at radius 3 is 2.75 bits per heavy atom. The standard InChI is InChI=1S/C15H20N2O3/c1-11(14(18)16-10-13-8-5-9-20-13)17-15(19)12-6-3-2-4-7-12/h2-4,6-7,11,13H,5,8-10H2,1H3,(H,16,18)(H,17,19). The SMILES string of the molecule is CC(NC(=O)c1ccccc1)C(=O)NCC1CCCO1.